The Labute approximate surface area is 101 Å². The second kappa shape index (κ2) is 6.61. The molecule has 94 valence electrons. The van der Waals surface area contributed by atoms with Gasteiger partial charge in [0.2, 0.25) is 0 Å². The number of hydrogen-bond donors (Lipinski definition) is 1. The standard InChI is InChI=1S/C14H28N2/c1-16(14-7-3-2-4-8-14)11-9-13-6-5-10-15-12-13/h13-15H,2-12H2,1H3. The van der Waals surface area contributed by atoms with Crippen LogP contribution in [0.1, 0.15) is 51.4 Å². The lowest BCUT2D eigenvalue weighted by molar-refractivity contribution is 0.175. The fraction of sp³-hybridized carbons (Fsp3) is 1.00. The minimum Gasteiger partial charge on any atom is -0.316 e. The highest BCUT2D eigenvalue weighted by atomic mass is 15.1. The number of nitrogens with one attached hydrogen (secondary N) is 1. The molecular formula is C14H28N2. The van der Waals surface area contributed by atoms with E-state index in [1.165, 1.54) is 71.0 Å². The molecule has 1 unspecified atom stereocenters. The topological polar surface area (TPSA) is 15.3 Å². The van der Waals surface area contributed by atoms with Crippen molar-refractivity contribution in [3.8, 4) is 0 Å². The quantitative estimate of drug-likeness (QED) is 0.790. The predicted octanol–water partition coefficient (Wildman–Crippen LogP) is 2.64. The fourth-order valence-electron chi connectivity index (χ4n) is 3.26. The number of nitrogens with zero attached hydrogens (tertiary/aromatic N) is 1. The van der Waals surface area contributed by atoms with Gasteiger partial charge < -0.3 is 10.2 Å². The Morgan fingerprint density at radius 2 is 1.88 bits per heavy atom. The van der Waals surface area contributed by atoms with E-state index in [4.69, 9.17) is 0 Å². The highest BCUT2D eigenvalue weighted by Crippen LogP contribution is 2.22. The summed E-state index contributed by atoms with van der Waals surface area (Å²) in [7, 11) is 2.34. The Bertz CT molecular complexity index is 181. The average molecular weight is 224 g/mol. The van der Waals surface area contributed by atoms with Crippen LogP contribution in [0.4, 0.5) is 0 Å². The molecule has 0 spiro atoms. The molecule has 2 nitrogen and oxygen atoms in total. The zero-order valence-electron chi connectivity index (χ0n) is 10.9. The van der Waals surface area contributed by atoms with Crippen molar-refractivity contribution >= 4 is 0 Å². The van der Waals surface area contributed by atoms with E-state index in [1.54, 1.807) is 0 Å². The highest BCUT2D eigenvalue weighted by Gasteiger charge is 2.19. The third-order valence-electron chi connectivity index (χ3n) is 4.49. The largest absolute Gasteiger partial charge is 0.316 e. The average Bonchev–Trinajstić information content (AvgIpc) is 2.38. The predicted molar refractivity (Wildman–Crippen MR) is 69.7 cm³/mol. The summed E-state index contributed by atoms with van der Waals surface area (Å²) in [4.78, 5) is 2.63. The minimum absolute atomic E-state index is 0.894. The Hall–Kier alpha value is -0.0800. The summed E-state index contributed by atoms with van der Waals surface area (Å²) in [6.45, 7) is 3.82. The normalized spacial score (nSPS) is 28.5. The van der Waals surface area contributed by atoms with Crippen LogP contribution < -0.4 is 5.32 Å². The van der Waals surface area contributed by atoms with E-state index in [0.717, 1.165) is 12.0 Å². The van der Waals surface area contributed by atoms with Gasteiger partial charge in [0.15, 0.2) is 0 Å². The maximum atomic E-state index is 3.52. The summed E-state index contributed by atoms with van der Waals surface area (Å²) >= 11 is 0. The monoisotopic (exact) mass is 224 g/mol. The van der Waals surface area contributed by atoms with Crippen LogP contribution in [0.25, 0.3) is 0 Å². The van der Waals surface area contributed by atoms with Gasteiger partial charge in [-0.1, -0.05) is 19.3 Å². The highest BCUT2D eigenvalue weighted by molar-refractivity contribution is 4.75. The van der Waals surface area contributed by atoms with E-state index in [2.05, 4.69) is 17.3 Å². The van der Waals surface area contributed by atoms with Gasteiger partial charge in [-0.25, -0.2) is 0 Å². The zero-order chi connectivity index (χ0) is 11.2. The van der Waals surface area contributed by atoms with Crippen LogP contribution in [0, 0.1) is 5.92 Å². The van der Waals surface area contributed by atoms with Gasteiger partial charge in [-0.2, -0.15) is 0 Å². The number of rotatable bonds is 4. The lowest BCUT2D eigenvalue weighted by atomic mass is 9.92. The molecule has 0 aromatic carbocycles. The van der Waals surface area contributed by atoms with Crippen LogP contribution in [0.15, 0.2) is 0 Å². The Kier molecular flexibility index (Phi) is 5.11. The van der Waals surface area contributed by atoms with Crippen LogP contribution in [0.2, 0.25) is 0 Å². The molecule has 2 heteroatoms. The van der Waals surface area contributed by atoms with Crippen molar-refractivity contribution in [2.75, 3.05) is 26.7 Å². The Morgan fingerprint density at radius 1 is 1.06 bits per heavy atom. The summed E-state index contributed by atoms with van der Waals surface area (Å²) in [5.74, 6) is 0.944. The third-order valence-corrected chi connectivity index (χ3v) is 4.49. The van der Waals surface area contributed by atoms with Gasteiger partial charge in [-0.15, -0.1) is 0 Å². The van der Waals surface area contributed by atoms with Crippen LogP contribution in [0.3, 0.4) is 0 Å². The van der Waals surface area contributed by atoms with Gasteiger partial charge in [0, 0.05) is 6.04 Å². The van der Waals surface area contributed by atoms with E-state index in [9.17, 15) is 0 Å². The van der Waals surface area contributed by atoms with E-state index in [0.29, 0.717) is 0 Å². The van der Waals surface area contributed by atoms with E-state index in [1.807, 2.05) is 0 Å². The second-order valence-electron chi connectivity index (χ2n) is 5.77. The van der Waals surface area contributed by atoms with Crippen molar-refractivity contribution in [1.29, 1.82) is 0 Å². The fourth-order valence-corrected chi connectivity index (χ4v) is 3.26. The molecule has 0 amide bonds. The van der Waals surface area contributed by atoms with Crippen molar-refractivity contribution in [2.45, 2.75) is 57.4 Å². The molecular weight excluding hydrogens is 196 g/mol. The molecule has 1 saturated heterocycles. The van der Waals surface area contributed by atoms with Gasteiger partial charge in [0.25, 0.3) is 0 Å². The maximum absolute atomic E-state index is 3.52. The van der Waals surface area contributed by atoms with Crippen molar-refractivity contribution in [3.63, 3.8) is 0 Å². The molecule has 16 heavy (non-hydrogen) atoms. The molecule has 2 rings (SSSR count). The smallest absolute Gasteiger partial charge is 0.00922 e. The first-order valence-corrected chi connectivity index (χ1v) is 7.27. The summed E-state index contributed by atoms with van der Waals surface area (Å²) in [6.07, 6.45) is 11.5. The summed E-state index contributed by atoms with van der Waals surface area (Å²) in [6, 6.07) is 0.894. The van der Waals surface area contributed by atoms with Crippen molar-refractivity contribution in [3.05, 3.63) is 0 Å². The van der Waals surface area contributed by atoms with Crippen LogP contribution in [-0.4, -0.2) is 37.6 Å². The van der Waals surface area contributed by atoms with Crippen LogP contribution >= 0.6 is 0 Å². The molecule has 1 atom stereocenters. The molecule has 2 fully saturated rings. The van der Waals surface area contributed by atoms with Gasteiger partial charge in [0.05, 0.1) is 0 Å². The van der Waals surface area contributed by atoms with Crippen LogP contribution in [0.5, 0.6) is 0 Å². The molecule has 1 saturated carbocycles. The van der Waals surface area contributed by atoms with Crippen molar-refractivity contribution in [1.82, 2.24) is 10.2 Å². The van der Waals surface area contributed by atoms with Crippen LogP contribution in [-0.2, 0) is 0 Å². The summed E-state index contributed by atoms with van der Waals surface area (Å²) in [5, 5.41) is 3.52. The molecule has 1 aliphatic heterocycles. The maximum Gasteiger partial charge on any atom is 0.00922 e. The van der Waals surface area contributed by atoms with E-state index >= 15 is 0 Å². The Morgan fingerprint density at radius 3 is 2.56 bits per heavy atom. The first kappa shape index (κ1) is 12.4. The number of piperidine rings is 1. The Balaban J connectivity index is 1.63. The molecule has 1 N–H and O–H groups in total. The first-order chi connectivity index (χ1) is 7.86. The van der Waals surface area contributed by atoms with Gasteiger partial charge in [-0.3, -0.25) is 0 Å². The summed E-state index contributed by atoms with van der Waals surface area (Å²) < 4.78 is 0. The van der Waals surface area contributed by atoms with Gasteiger partial charge >= 0.3 is 0 Å². The third kappa shape index (κ3) is 3.74. The number of hydrogen-bond acceptors (Lipinski definition) is 2. The lowest BCUT2D eigenvalue weighted by Gasteiger charge is -2.33. The molecule has 1 aliphatic carbocycles. The van der Waals surface area contributed by atoms with Crippen molar-refractivity contribution in [2.24, 2.45) is 5.92 Å². The molecule has 0 bridgehead atoms. The molecule has 0 aromatic rings. The van der Waals surface area contributed by atoms with Gasteiger partial charge in [-0.05, 0) is 64.7 Å². The minimum atomic E-state index is 0.894. The van der Waals surface area contributed by atoms with E-state index < -0.39 is 0 Å². The molecule has 0 aromatic heterocycles. The zero-order valence-corrected chi connectivity index (χ0v) is 10.9. The van der Waals surface area contributed by atoms with Crippen molar-refractivity contribution < 1.29 is 0 Å². The van der Waals surface area contributed by atoms with Gasteiger partial charge in [0.1, 0.15) is 0 Å². The molecule has 2 aliphatic rings. The second-order valence-corrected chi connectivity index (χ2v) is 5.77. The SMILES string of the molecule is CN(CCC1CCCNC1)C1CCCCC1. The summed E-state index contributed by atoms with van der Waals surface area (Å²) in [5.41, 5.74) is 0. The van der Waals surface area contributed by atoms with E-state index in [-0.39, 0.29) is 0 Å². The molecule has 1 heterocycles. The molecule has 0 radical (unpaired) electrons. The first-order valence-electron chi connectivity index (χ1n) is 7.27. The lowest BCUT2D eigenvalue weighted by Crippen LogP contribution is -2.37.